The lowest BCUT2D eigenvalue weighted by atomic mass is 10.3. The average Bonchev–Trinajstić information content (AvgIpc) is 3.09. The Hall–Kier alpha value is -2.22. The van der Waals surface area contributed by atoms with E-state index in [2.05, 4.69) is 41.3 Å². The number of aryl methyl sites for hydroxylation is 2. The van der Waals surface area contributed by atoms with Gasteiger partial charge in [0.1, 0.15) is 12.1 Å². The van der Waals surface area contributed by atoms with Crippen LogP contribution < -0.4 is 9.80 Å². The Kier molecular flexibility index (Phi) is 3.60. The Labute approximate surface area is 138 Å². The summed E-state index contributed by atoms with van der Waals surface area (Å²) in [4.78, 5) is 18.0. The Morgan fingerprint density at radius 1 is 1.00 bits per heavy atom. The highest BCUT2D eigenvalue weighted by atomic mass is 32.1. The van der Waals surface area contributed by atoms with E-state index < -0.39 is 0 Å². The van der Waals surface area contributed by atoms with Crippen molar-refractivity contribution < 1.29 is 0 Å². The molecule has 1 fully saturated rings. The predicted octanol–water partition coefficient (Wildman–Crippen LogP) is 1.91. The smallest absolute Gasteiger partial charge is 0.254 e. The second-order valence-electron chi connectivity index (χ2n) is 5.83. The topological polar surface area (TPSA) is 62.5 Å². The summed E-state index contributed by atoms with van der Waals surface area (Å²) in [5.74, 6) is 1.74. The molecule has 0 saturated carbocycles. The Morgan fingerprint density at radius 3 is 2.65 bits per heavy atom. The summed E-state index contributed by atoms with van der Waals surface area (Å²) in [6.45, 7) is 7.99. The van der Waals surface area contributed by atoms with E-state index in [1.165, 1.54) is 0 Å². The third-order valence-corrected chi connectivity index (χ3v) is 5.08. The number of hydrogen-bond donors (Lipinski definition) is 0. The Morgan fingerprint density at radius 2 is 1.83 bits per heavy atom. The number of aromatic nitrogens is 5. The molecule has 1 aliphatic rings. The van der Waals surface area contributed by atoms with Gasteiger partial charge in [-0.15, -0.1) is 11.3 Å². The van der Waals surface area contributed by atoms with Gasteiger partial charge in [-0.25, -0.2) is 9.97 Å². The molecule has 0 N–H and O–H groups in total. The van der Waals surface area contributed by atoms with E-state index in [4.69, 9.17) is 0 Å². The minimum atomic E-state index is 0.664. The van der Waals surface area contributed by atoms with Crippen LogP contribution in [0.2, 0.25) is 0 Å². The van der Waals surface area contributed by atoms with E-state index in [-0.39, 0.29) is 0 Å². The average molecular weight is 329 g/mol. The molecule has 0 radical (unpaired) electrons. The summed E-state index contributed by atoms with van der Waals surface area (Å²) >= 11 is 1.73. The van der Waals surface area contributed by atoms with Gasteiger partial charge in [0.25, 0.3) is 5.78 Å². The van der Waals surface area contributed by atoms with Crippen molar-refractivity contribution in [1.29, 1.82) is 0 Å². The van der Waals surface area contributed by atoms with Crippen LogP contribution >= 0.6 is 11.3 Å². The molecule has 23 heavy (non-hydrogen) atoms. The zero-order valence-electron chi connectivity index (χ0n) is 13.3. The fourth-order valence-electron chi connectivity index (χ4n) is 2.96. The number of fused-ring (bicyclic) bond motifs is 1. The highest BCUT2D eigenvalue weighted by molar-refractivity contribution is 7.13. The van der Waals surface area contributed by atoms with E-state index in [0.717, 1.165) is 54.9 Å². The van der Waals surface area contributed by atoms with E-state index in [1.807, 2.05) is 18.4 Å². The maximum atomic E-state index is 4.62. The fourth-order valence-corrected chi connectivity index (χ4v) is 3.82. The standard InChI is InChI=1S/C15H19N7S/c1-11-8-13(22-14(18-11)16-10-17-22)20-4-3-5-21(7-6-20)15-19-12(2)9-23-15/h8-10H,3-7H2,1-2H3. The minimum Gasteiger partial charge on any atom is -0.355 e. The molecule has 3 aromatic heterocycles. The number of rotatable bonds is 2. The summed E-state index contributed by atoms with van der Waals surface area (Å²) in [6, 6.07) is 2.09. The molecule has 7 nitrogen and oxygen atoms in total. The van der Waals surface area contributed by atoms with Gasteiger partial charge >= 0.3 is 0 Å². The lowest BCUT2D eigenvalue weighted by Crippen LogP contribution is -2.32. The highest BCUT2D eigenvalue weighted by Crippen LogP contribution is 2.23. The summed E-state index contributed by atoms with van der Waals surface area (Å²) in [5.41, 5.74) is 2.07. The largest absolute Gasteiger partial charge is 0.355 e. The van der Waals surface area contributed by atoms with Crippen molar-refractivity contribution in [2.24, 2.45) is 0 Å². The van der Waals surface area contributed by atoms with Crippen molar-refractivity contribution >= 4 is 28.1 Å². The number of thiazole rings is 1. The third kappa shape index (κ3) is 2.74. The van der Waals surface area contributed by atoms with Gasteiger partial charge in [0.2, 0.25) is 0 Å². The number of anilines is 2. The first-order valence-electron chi connectivity index (χ1n) is 7.80. The Balaban J connectivity index is 1.59. The molecule has 0 aromatic carbocycles. The molecule has 4 rings (SSSR count). The molecule has 0 spiro atoms. The molecular formula is C15H19N7S. The predicted molar refractivity (Wildman–Crippen MR) is 91.4 cm³/mol. The van der Waals surface area contributed by atoms with Gasteiger partial charge < -0.3 is 9.80 Å². The summed E-state index contributed by atoms with van der Waals surface area (Å²) in [6.07, 6.45) is 2.66. The third-order valence-electron chi connectivity index (χ3n) is 4.06. The first-order valence-corrected chi connectivity index (χ1v) is 8.68. The lowest BCUT2D eigenvalue weighted by molar-refractivity contribution is 0.767. The summed E-state index contributed by atoms with van der Waals surface area (Å²) < 4.78 is 1.83. The zero-order valence-corrected chi connectivity index (χ0v) is 14.1. The second kappa shape index (κ2) is 5.77. The van der Waals surface area contributed by atoms with Crippen molar-refractivity contribution in [3.8, 4) is 0 Å². The molecule has 0 unspecified atom stereocenters. The molecule has 1 saturated heterocycles. The van der Waals surface area contributed by atoms with Crippen molar-refractivity contribution in [3.63, 3.8) is 0 Å². The summed E-state index contributed by atoms with van der Waals surface area (Å²) in [7, 11) is 0. The molecule has 4 heterocycles. The van der Waals surface area contributed by atoms with Gasteiger partial charge in [0.05, 0.1) is 5.69 Å². The van der Waals surface area contributed by atoms with Crippen LogP contribution in [0.25, 0.3) is 5.78 Å². The fraction of sp³-hybridized carbons (Fsp3) is 0.467. The van der Waals surface area contributed by atoms with Crippen LogP contribution in [0.1, 0.15) is 17.8 Å². The van der Waals surface area contributed by atoms with Crippen molar-refractivity contribution in [2.75, 3.05) is 36.0 Å². The van der Waals surface area contributed by atoms with E-state index in [1.54, 1.807) is 17.7 Å². The zero-order chi connectivity index (χ0) is 15.8. The van der Waals surface area contributed by atoms with Gasteiger partial charge in [-0.05, 0) is 20.3 Å². The molecular weight excluding hydrogens is 310 g/mol. The van der Waals surface area contributed by atoms with Gasteiger partial charge in [-0.3, -0.25) is 0 Å². The first-order chi connectivity index (χ1) is 11.2. The molecule has 120 valence electrons. The van der Waals surface area contributed by atoms with Crippen LogP contribution in [0.5, 0.6) is 0 Å². The Bertz CT molecular complexity index is 824. The maximum absolute atomic E-state index is 4.62. The number of hydrogen-bond acceptors (Lipinski definition) is 7. The molecule has 8 heteroatoms. The van der Waals surface area contributed by atoms with E-state index >= 15 is 0 Å². The van der Waals surface area contributed by atoms with Crippen LogP contribution in [-0.4, -0.2) is 50.7 Å². The SMILES string of the molecule is Cc1csc(N2CCCN(c3cc(C)nc4ncnn34)CC2)n1. The van der Waals surface area contributed by atoms with E-state index in [0.29, 0.717) is 5.78 Å². The van der Waals surface area contributed by atoms with Crippen molar-refractivity contribution in [1.82, 2.24) is 24.6 Å². The van der Waals surface area contributed by atoms with Crippen LogP contribution in [0.3, 0.4) is 0 Å². The lowest BCUT2D eigenvalue weighted by Gasteiger charge is -2.23. The molecule has 0 bridgehead atoms. The van der Waals surface area contributed by atoms with Gasteiger partial charge in [0, 0.05) is 43.3 Å². The highest BCUT2D eigenvalue weighted by Gasteiger charge is 2.20. The van der Waals surface area contributed by atoms with Crippen LogP contribution in [-0.2, 0) is 0 Å². The van der Waals surface area contributed by atoms with Crippen molar-refractivity contribution in [3.05, 3.63) is 29.2 Å². The van der Waals surface area contributed by atoms with Gasteiger partial charge in [-0.2, -0.15) is 14.6 Å². The first kappa shape index (κ1) is 14.4. The molecule has 0 aliphatic carbocycles. The van der Waals surface area contributed by atoms with E-state index in [9.17, 15) is 0 Å². The van der Waals surface area contributed by atoms with Gasteiger partial charge in [-0.1, -0.05) is 0 Å². The second-order valence-corrected chi connectivity index (χ2v) is 6.66. The maximum Gasteiger partial charge on any atom is 0.254 e. The quantitative estimate of drug-likeness (QED) is 0.716. The van der Waals surface area contributed by atoms with Crippen molar-refractivity contribution in [2.45, 2.75) is 20.3 Å². The summed E-state index contributed by atoms with van der Waals surface area (Å²) in [5, 5.41) is 7.56. The normalized spacial score (nSPS) is 16.1. The molecule has 3 aromatic rings. The van der Waals surface area contributed by atoms with Crippen LogP contribution in [0, 0.1) is 13.8 Å². The number of nitrogens with zero attached hydrogens (tertiary/aromatic N) is 7. The molecule has 0 amide bonds. The molecule has 0 atom stereocenters. The van der Waals surface area contributed by atoms with Gasteiger partial charge in [0.15, 0.2) is 5.13 Å². The molecule has 1 aliphatic heterocycles. The van der Waals surface area contributed by atoms with Crippen LogP contribution in [0.15, 0.2) is 17.8 Å². The minimum absolute atomic E-state index is 0.664. The van der Waals surface area contributed by atoms with Crippen LogP contribution in [0.4, 0.5) is 10.9 Å². The monoisotopic (exact) mass is 329 g/mol.